The number of piperidine rings is 1. The van der Waals surface area contributed by atoms with Crippen LogP contribution in [0.2, 0.25) is 0 Å². The Balaban J connectivity index is 1.45. The van der Waals surface area contributed by atoms with E-state index in [-0.39, 0.29) is 17.9 Å². The van der Waals surface area contributed by atoms with Crippen molar-refractivity contribution in [3.8, 4) is 0 Å². The number of carbonyl (C=O) groups is 1. The first-order valence-electron chi connectivity index (χ1n) is 10.8. The van der Waals surface area contributed by atoms with Crippen LogP contribution in [0, 0.1) is 12.8 Å². The molecule has 1 fully saturated rings. The van der Waals surface area contributed by atoms with E-state index in [0.717, 1.165) is 40.7 Å². The molecule has 0 bridgehead atoms. The molecule has 1 saturated heterocycles. The molecule has 5 nitrogen and oxygen atoms in total. The molecule has 2 heterocycles. The van der Waals surface area contributed by atoms with Gasteiger partial charge in [0, 0.05) is 30.4 Å². The van der Waals surface area contributed by atoms with E-state index in [1.807, 2.05) is 37.3 Å². The molecule has 2 aromatic carbocycles. The molecular formula is C25H28N4OS. The molecule has 160 valence electrons. The summed E-state index contributed by atoms with van der Waals surface area (Å²) < 4.78 is 0. The first kappa shape index (κ1) is 21.4. The molecule has 31 heavy (non-hydrogen) atoms. The normalized spacial score (nSPS) is 17.2. The van der Waals surface area contributed by atoms with Crippen LogP contribution >= 0.6 is 11.8 Å². The summed E-state index contributed by atoms with van der Waals surface area (Å²) in [6.07, 6.45) is 5.32. The van der Waals surface area contributed by atoms with Gasteiger partial charge in [-0.25, -0.2) is 9.97 Å². The molecule has 6 heteroatoms. The third-order valence-electron chi connectivity index (χ3n) is 5.63. The molecule has 1 aromatic heterocycles. The summed E-state index contributed by atoms with van der Waals surface area (Å²) in [6.45, 7) is 5.66. The van der Waals surface area contributed by atoms with Crippen LogP contribution in [0.4, 0.5) is 5.82 Å². The molecule has 4 rings (SSSR count). The number of rotatable bonds is 6. The van der Waals surface area contributed by atoms with E-state index in [1.165, 1.54) is 5.56 Å². The van der Waals surface area contributed by atoms with E-state index in [1.54, 1.807) is 24.2 Å². The average Bonchev–Trinajstić information content (AvgIpc) is 2.81. The number of hydrogen-bond acceptors (Lipinski definition) is 5. The standard InChI is InChI=1S/C25H28N4OS/c1-18-10-12-22(13-11-18)31-25-23(26-14-15-27-25)29-16-6-9-21(17-29)24(30)28-19(2)20-7-4-3-5-8-20/h3-5,7-8,10-15,19,21H,6,9,16-17H2,1-2H3,(H,28,30)/t19-,21+/m0/s1. The highest BCUT2D eigenvalue weighted by molar-refractivity contribution is 7.99. The van der Waals surface area contributed by atoms with Gasteiger partial charge in [-0.2, -0.15) is 0 Å². The fourth-order valence-electron chi connectivity index (χ4n) is 3.86. The highest BCUT2D eigenvalue weighted by Crippen LogP contribution is 2.34. The minimum atomic E-state index is -0.0563. The molecule has 1 amide bonds. The Morgan fingerprint density at radius 2 is 1.84 bits per heavy atom. The molecule has 1 aliphatic rings. The van der Waals surface area contributed by atoms with Crippen molar-refractivity contribution in [2.75, 3.05) is 18.0 Å². The fourth-order valence-corrected chi connectivity index (χ4v) is 4.75. The van der Waals surface area contributed by atoms with Gasteiger partial charge in [-0.05, 0) is 44.4 Å². The second kappa shape index (κ2) is 9.96. The topological polar surface area (TPSA) is 58.1 Å². The van der Waals surface area contributed by atoms with E-state index >= 15 is 0 Å². The second-order valence-electron chi connectivity index (χ2n) is 8.03. The zero-order valence-electron chi connectivity index (χ0n) is 18.0. The number of nitrogens with zero attached hydrogens (tertiary/aromatic N) is 3. The van der Waals surface area contributed by atoms with Gasteiger partial charge in [0.2, 0.25) is 5.91 Å². The van der Waals surface area contributed by atoms with E-state index in [0.29, 0.717) is 6.54 Å². The maximum atomic E-state index is 13.0. The second-order valence-corrected chi connectivity index (χ2v) is 9.09. The van der Waals surface area contributed by atoms with Crippen molar-refractivity contribution >= 4 is 23.5 Å². The maximum Gasteiger partial charge on any atom is 0.225 e. The lowest BCUT2D eigenvalue weighted by Gasteiger charge is -2.34. The van der Waals surface area contributed by atoms with Gasteiger partial charge in [0.1, 0.15) is 5.03 Å². The smallest absolute Gasteiger partial charge is 0.225 e. The van der Waals surface area contributed by atoms with Crippen molar-refractivity contribution in [2.24, 2.45) is 5.92 Å². The van der Waals surface area contributed by atoms with Crippen LogP contribution < -0.4 is 10.2 Å². The summed E-state index contributed by atoms with van der Waals surface area (Å²) in [7, 11) is 0. The average molecular weight is 433 g/mol. The van der Waals surface area contributed by atoms with Gasteiger partial charge in [0.05, 0.1) is 12.0 Å². The summed E-state index contributed by atoms with van der Waals surface area (Å²) >= 11 is 1.62. The number of anilines is 1. The van der Waals surface area contributed by atoms with E-state index in [9.17, 15) is 4.79 Å². The molecule has 1 N–H and O–H groups in total. The van der Waals surface area contributed by atoms with Crippen molar-refractivity contribution < 1.29 is 4.79 Å². The molecule has 1 aliphatic heterocycles. The molecular weight excluding hydrogens is 404 g/mol. The first-order chi connectivity index (χ1) is 15.1. The van der Waals surface area contributed by atoms with E-state index < -0.39 is 0 Å². The number of benzene rings is 2. The minimum absolute atomic E-state index is 0.00625. The van der Waals surface area contributed by atoms with Gasteiger partial charge in [-0.1, -0.05) is 59.8 Å². The summed E-state index contributed by atoms with van der Waals surface area (Å²) in [5, 5.41) is 4.07. The molecule has 0 saturated carbocycles. The Bertz CT molecular complexity index is 1010. The van der Waals surface area contributed by atoms with Crippen LogP contribution in [-0.4, -0.2) is 29.0 Å². The lowest BCUT2D eigenvalue weighted by atomic mass is 9.96. The molecule has 0 unspecified atom stereocenters. The van der Waals surface area contributed by atoms with Gasteiger partial charge in [0.25, 0.3) is 0 Å². The van der Waals surface area contributed by atoms with Crippen molar-refractivity contribution in [3.05, 3.63) is 78.1 Å². The summed E-state index contributed by atoms with van der Waals surface area (Å²) in [4.78, 5) is 25.6. The lowest BCUT2D eigenvalue weighted by Crippen LogP contribution is -2.44. The summed E-state index contributed by atoms with van der Waals surface area (Å²) in [5.41, 5.74) is 2.35. The molecule has 0 aliphatic carbocycles. The lowest BCUT2D eigenvalue weighted by molar-refractivity contribution is -0.125. The van der Waals surface area contributed by atoms with Crippen LogP contribution in [0.3, 0.4) is 0 Å². The van der Waals surface area contributed by atoms with Gasteiger partial charge < -0.3 is 10.2 Å². The Labute approximate surface area is 188 Å². The van der Waals surface area contributed by atoms with Crippen molar-refractivity contribution in [2.45, 2.75) is 42.7 Å². The predicted octanol–water partition coefficient (Wildman–Crippen LogP) is 5.03. The summed E-state index contributed by atoms with van der Waals surface area (Å²) in [5.74, 6) is 0.915. The van der Waals surface area contributed by atoms with Gasteiger partial charge in [-0.15, -0.1) is 0 Å². The van der Waals surface area contributed by atoms with Gasteiger partial charge in [-0.3, -0.25) is 4.79 Å². The molecule has 2 atom stereocenters. The highest BCUT2D eigenvalue weighted by Gasteiger charge is 2.29. The quantitative estimate of drug-likeness (QED) is 0.592. The first-order valence-corrected chi connectivity index (χ1v) is 11.6. The maximum absolute atomic E-state index is 13.0. The van der Waals surface area contributed by atoms with Crippen molar-refractivity contribution in [1.29, 1.82) is 0 Å². The number of aromatic nitrogens is 2. The zero-order valence-corrected chi connectivity index (χ0v) is 18.8. The minimum Gasteiger partial charge on any atom is -0.354 e. The Hall–Kier alpha value is -2.86. The Morgan fingerprint density at radius 1 is 1.10 bits per heavy atom. The van der Waals surface area contributed by atoms with Crippen molar-refractivity contribution in [1.82, 2.24) is 15.3 Å². The van der Waals surface area contributed by atoms with E-state index in [4.69, 9.17) is 0 Å². The number of carbonyl (C=O) groups excluding carboxylic acids is 1. The van der Waals surface area contributed by atoms with Crippen LogP contribution in [0.25, 0.3) is 0 Å². The predicted molar refractivity (Wildman–Crippen MR) is 125 cm³/mol. The van der Waals surface area contributed by atoms with Crippen LogP contribution in [0.5, 0.6) is 0 Å². The molecule has 3 aromatic rings. The van der Waals surface area contributed by atoms with Crippen LogP contribution in [-0.2, 0) is 4.79 Å². The Kier molecular flexibility index (Phi) is 6.87. The number of aryl methyl sites for hydroxylation is 1. The third kappa shape index (κ3) is 5.44. The van der Waals surface area contributed by atoms with Crippen LogP contribution in [0.15, 0.2) is 76.9 Å². The zero-order chi connectivity index (χ0) is 21.6. The monoisotopic (exact) mass is 432 g/mol. The highest BCUT2D eigenvalue weighted by atomic mass is 32.2. The van der Waals surface area contributed by atoms with E-state index in [2.05, 4.69) is 51.4 Å². The fraction of sp³-hybridized carbons (Fsp3) is 0.320. The van der Waals surface area contributed by atoms with Crippen molar-refractivity contribution in [3.63, 3.8) is 0 Å². The largest absolute Gasteiger partial charge is 0.354 e. The molecule has 0 radical (unpaired) electrons. The molecule has 0 spiro atoms. The SMILES string of the molecule is Cc1ccc(Sc2nccnc2N2CCC[C@@H](C(=O)N[C@@H](C)c3ccccc3)C2)cc1. The summed E-state index contributed by atoms with van der Waals surface area (Å²) in [6, 6.07) is 18.5. The number of hydrogen-bond donors (Lipinski definition) is 1. The third-order valence-corrected chi connectivity index (χ3v) is 6.62. The van der Waals surface area contributed by atoms with Gasteiger partial charge >= 0.3 is 0 Å². The van der Waals surface area contributed by atoms with Crippen LogP contribution in [0.1, 0.15) is 36.9 Å². The number of amides is 1. The Morgan fingerprint density at radius 3 is 2.61 bits per heavy atom. The number of nitrogens with one attached hydrogen (secondary N) is 1. The van der Waals surface area contributed by atoms with Gasteiger partial charge in [0.15, 0.2) is 5.82 Å².